The first-order valence-electron chi connectivity index (χ1n) is 6.86. The lowest BCUT2D eigenvalue weighted by molar-refractivity contribution is -0.157. The molecule has 5 heteroatoms. The van der Waals surface area contributed by atoms with Crippen LogP contribution in [0.25, 0.3) is 0 Å². The summed E-state index contributed by atoms with van der Waals surface area (Å²) in [4.78, 5) is 25.3. The van der Waals surface area contributed by atoms with Gasteiger partial charge in [0.1, 0.15) is 0 Å². The van der Waals surface area contributed by atoms with Gasteiger partial charge in [0.05, 0.1) is 17.6 Å². The fourth-order valence-electron chi connectivity index (χ4n) is 2.55. The van der Waals surface area contributed by atoms with E-state index in [9.17, 15) is 19.8 Å². The molecule has 0 aromatic heterocycles. The summed E-state index contributed by atoms with van der Waals surface area (Å²) in [6.45, 7) is 3.38. The van der Waals surface area contributed by atoms with E-state index in [2.05, 4.69) is 0 Å². The maximum atomic E-state index is 12.3. The van der Waals surface area contributed by atoms with E-state index in [0.29, 0.717) is 12.8 Å². The Morgan fingerprint density at radius 3 is 2.16 bits per heavy atom. The van der Waals surface area contributed by atoms with Gasteiger partial charge in [-0.3, -0.25) is 9.59 Å². The Morgan fingerprint density at radius 1 is 1.21 bits per heavy atom. The standard InChI is InChI=1S/C14H25NO4/c1-13(2,10-16)15(3)11(17)9-14(12(18)19)7-5-4-6-8-14/h16H,4-10H2,1-3H3,(H,18,19). The maximum absolute atomic E-state index is 12.3. The molecule has 110 valence electrons. The van der Waals surface area contributed by atoms with Gasteiger partial charge in [-0.25, -0.2) is 0 Å². The van der Waals surface area contributed by atoms with Crippen LogP contribution in [0.2, 0.25) is 0 Å². The van der Waals surface area contributed by atoms with Crippen LogP contribution in [0.5, 0.6) is 0 Å². The highest BCUT2D eigenvalue weighted by Gasteiger charge is 2.43. The van der Waals surface area contributed by atoms with Crippen LogP contribution in [-0.2, 0) is 9.59 Å². The molecule has 0 unspecified atom stereocenters. The third kappa shape index (κ3) is 3.47. The molecule has 0 radical (unpaired) electrons. The third-order valence-corrected chi connectivity index (χ3v) is 4.42. The van der Waals surface area contributed by atoms with Crippen LogP contribution in [0, 0.1) is 5.41 Å². The van der Waals surface area contributed by atoms with Crippen molar-refractivity contribution < 1.29 is 19.8 Å². The number of aliphatic hydroxyl groups excluding tert-OH is 1. The van der Waals surface area contributed by atoms with E-state index in [4.69, 9.17) is 0 Å². The van der Waals surface area contributed by atoms with Crippen molar-refractivity contribution in [2.45, 2.75) is 57.9 Å². The molecule has 0 aromatic rings. The van der Waals surface area contributed by atoms with Crippen LogP contribution in [0.3, 0.4) is 0 Å². The van der Waals surface area contributed by atoms with Crippen LogP contribution in [0.1, 0.15) is 52.4 Å². The first-order valence-corrected chi connectivity index (χ1v) is 6.86. The number of carbonyl (C=O) groups excluding carboxylic acids is 1. The van der Waals surface area contributed by atoms with Gasteiger partial charge in [0, 0.05) is 13.5 Å². The highest BCUT2D eigenvalue weighted by atomic mass is 16.4. The Hall–Kier alpha value is -1.10. The topological polar surface area (TPSA) is 77.8 Å². The molecule has 1 rings (SSSR count). The maximum Gasteiger partial charge on any atom is 0.310 e. The summed E-state index contributed by atoms with van der Waals surface area (Å²) < 4.78 is 0. The summed E-state index contributed by atoms with van der Waals surface area (Å²) in [7, 11) is 1.62. The number of rotatable bonds is 5. The second kappa shape index (κ2) is 5.90. The summed E-state index contributed by atoms with van der Waals surface area (Å²) in [5.74, 6) is -1.07. The highest BCUT2D eigenvalue weighted by Crippen LogP contribution is 2.40. The molecule has 19 heavy (non-hydrogen) atoms. The number of hydrogen-bond acceptors (Lipinski definition) is 3. The number of nitrogens with zero attached hydrogens (tertiary/aromatic N) is 1. The quantitative estimate of drug-likeness (QED) is 0.797. The highest BCUT2D eigenvalue weighted by molar-refractivity contribution is 5.85. The van der Waals surface area contributed by atoms with E-state index in [0.717, 1.165) is 19.3 Å². The molecule has 0 heterocycles. The van der Waals surface area contributed by atoms with E-state index in [1.807, 2.05) is 0 Å². The Kier molecular flexibility index (Phi) is 4.96. The lowest BCUT2D eigenvalue weighted by Crippen LogP contribution is -2.50. The van der Waals surface area contributed by atoms with Crippen molar-refractivity contribution in [2.24, 2.45) is 5.41 Å². The molecular formula is C14H25NO4. The minimum atomic E-state index is -0.908. The number of likely N-dealkylation sites (N-methyl/N-ethyl adjacent to an activating group) is 1. The Bertz CT molecular complexity index is 345. The van der Waals surface area contributed by atoms with E-state index < -0.39 is 16.9 Å². The van der Waals surface area contributed by atoms with Gasteiger partial charge in [-0.1, -0.05) is 19.3 Å². The Balaban J connectivity index is 2.80. The summed E-state index contributed by atoms with van der Waals surface area (Å²) in [5, 5.41) is 18.7. The van der Waals surface area contributed by atoms with Crippen molar-refractivity contribution in [1.29, 1.82) is 0 Å². The van der Waals surface area contributed by atoms with Gasteiger partial charge in [-0.2, -0.15) is 0 Å². The van der Waals surface area contributed by atoms with Gasteiger partial charge < -0.3 is 15.1 Å². The van der Waals surface area contributed by atoms with Gasteiger partial charge >= 0.3 is 5.97 Å². The van der Waals surface area contributed by atoms with Crippen molar-refractivity contribution in [3.05, 3.63) is 0 Å². The molecule has 0 aliphatic heterocycles. The lowest BCUT2D eigenvalue weighted by Gasteiger charge is -2.38. The van der Waals surface area contributed by atoms with E-state index in [-0.39, 0.29) is 18.9 Å². The minimum Gasteiger partial charge on any atom is -0.481 e. The average Bonchev–Trinajstić information content (AvgIpc) is 2.38. The van der Waals surface area contributed by atoms with Gasteiger partial charge in [-0.15, -0.1) is 0 Å². The monoisotopic (exact) mass is 271 g/mol. The normalized spacial score (nSPS) is 18.9. The zero-order valence-corrected chi connectivity index (χ0v) is 12.1. The minimum absolute atomic E-state index is 0.0300. The van der Waals surface area contributed by atoms with Crippen molar-refractivity contribution in [2.75, 3.05) is 13.7 Å². The molecular weight excluding hydrogens is 246 g/mol. The molecule has 1 amide bonds. The molecule has 0 atom stereocenters. The summed E-state index contributed by atoms with van der Waals surface area (Å²) in [5.41, 5.74) is -1.57. The number of carboxylic acid groups (broad SMARTS) is 1. The average molecular weight is 271 g/mol. The first-order chi connectivity index (χ1) is 8.75. The number of carbonyl (C=O) groups is 2. The fourth-order valence-corrected chi connectivity index (χ4v) is 2.55. The second-order valence-electron chi connectivity index (χ2n) is 6.25. The molecule has 5 nitrogen and oxygen atoms in total. The molecule has 2 N–H and O–H groups in total. The molecule has 1 aliphatic rings. The Morgan fingerprint density at radius 2 is 1.74 bits per heavy atom. The molecule has 0 saturated heterocycles. The van der Waals surface area contributed by atoms with Crippen molar-refractivity contribution in [3.63, 3.8) is 0 Å². The third-order valence-electron chi connectivity index (χ3n) is 4.42. The Labute approximate surface area is 114 Å². The fraction of sp³-hybridized carbons (Fsp3) is 0.857. The van der Waals surface area contributed by atoms with Crippen LogP contribution in [-0.4, -0.2) is 46.2 Å². The van der Waals surface area contributed by atoms with Gasteiger partial charge in [0.15, 0.2) is 0 Å². The van der Waals surface area contributed by atoms with Crippen molar-refractivity contribution in [3.8, 4) is 0 Å². The summed E-state index contributed by atoms with van der Waals surface area (Å²) >= 11 is 0. The largest absolute Gasteiger partial charge is 0.481 e. The van der Waals surface area contributed by atoms with E-state index in [1.54, 1.807) is 20.9 Å². The zero-order chi connectivity index (χ0) is 14.7. The molecule has 0 aromatic carbocycles. The van der Waals surface area contributed by atoms with Crippen LogP contribution in [0.4, 0.5) is 0 Å². The van der Waals surface area contributed by atoms with Crippen molar-refractivity contribution >= 4 is 11.9 Å². The number of carboxylic acids is 1. The van der Waals surface area contributed by atoms with E-state index in [1.165, 1.54) is 4.90 Å². The zero-order valence-electron chi connectivity index (χ0n) is 12.1. The summed E-state index contributed by atoms with van der Waals surface area (Å²) in [6.07, 6.45) is 3.95. The molecule has 1 fully saturated rings. The van der Waals surface area contributed by atoms with Gasteiger partial charge in [-0.05, 0) is 26.7 Å². The lowest BCUT2D eigenvalue weighted by atomic mass is 9.71. The van der Waals surface area contributed by atoms with Crippen LogP contribution in [0.15, 0.2) is 0 Å². The molecule has 0 bridgehead atoms. The van der Waals surface area contributed by atoms with E-state index >= 15 is 0 Å². The van der Waals surface area contributed by atoms with Crippen LogP contribution >= 0.6 is 0 Å². The van der Waals surface area contributed by atoms with Crippen LogP contribution < -0.4 is 0 Å². The molecule has 0 spiro atoms. The number of aliphatic hydroxyl groups is 1. The first kappa shape index (κ1) is 16.0. The summed E-state index contributed by atoms with van der Waals surface area (Å²) in [6, 6.07) is 0. The smallest absolute Gasteiger partial charge is 0.310 e. The second-order valence-corrected chi connectivity index (χ2v) is 6.25. The SMILES string of the molecule is CN(C(=O)CC1(C(=O)O)CCCCC1)C(C)(C)CO. The number of hydrogen-bond donors (Lipinski definition) is 2. The number of aliphatic carboxylic acids is 1. The van der Waals surface area contributed by atoms with Gasteiger partial charge in [0.25, 0.3) is 0 Å². The molecule has 1 saturated carbocycles. The predicted molar refractivity (Wildman–Crippen MR) is 71.7 cm³/mol. The predicted octanol–water partition coefficient (Wildman–Crippen LogP) is 1.64. The number of amides is 1. The molecule has 1 aliphatic carbocycles. The van der Waals surface area contributed by atoms with Gasteiger partial charge in [0.2, 0.25) is 5.91 Å². The van der Waals surface area contributed by atoms with Crippen molar-refractivity contribution in [1.82, 2.24) is 4.90 Å².